The number of hydrogen-bond acceptors (Lipinski definition) is 6. The number of hydrogen-bond donors (Lipinski definition) is 0. The van der Waals surface area contributed by atoms with Crippen LogP contribution in [0.25, 0.3) is 0 Å². The van der Waals surface area contributed by atoms with Crippen LogP contribution in [0.1, 0.15) is 116 Å². The van der Waals surface area contributed by atoms with E-state index < -0.39 is 8.80 Å². The van der Waals surface area contributed by atoms with E-state index in [0.29, 0.717) is 25.7 Å². The number of rotatable bonds is 27. The largest absolute Gasteiger partial charge is 0.500 e. The summed E-state index contributed by atoms with van der Waals surface area (Å²) < 4.78 is 27.0. The Kier molecular flexibility index (Phi) is 25.8. The maximum atomic E-state index is 11.8. The van der Waals surface area contributed by atoms with Crippen molar-refractivity contribution in [2.75, 3.05) is 41.2 Å². The second kappa shape index (κ2) is 26.3. The SMILES string of the molecule is CCCCCCCC/C=C\CCCCCCCCOCCOC(=O)CCCC[Si](OC)(OC)OC. The van der Waals surface area contributed by atoms with Crippen molar-refractivity contribution in [1.29, 1.82) is 0 Å². The number of allylic oxidation sites excluding steroid dienone is 2. The van der Waals surface area contributed by atoms with E-state index in [0.717, 1.165) is 25.9 Å². The van der Waals surface area contributed by atoms with E-state index >= 15 is 0 Å². The monoisotopic (exact) mass is 516 g/mol. The van der Waals surface area contributed by atoms with Crippen LogP contribution >= 0.6 is 0 Å². The van der Waals surface area contributed by atoms with E-state index in [2.05, 4.69) is 19.1 Å². The van der Waals surface area contributed by atoms with E-state index in [-0.39, 0.29) is 5.97 Å². The predicted molar refractivity (Wildman–Crippen MR) is 147 cm³/mol. The average Bonchev–Trinajstić information content (AvgIpc) is 2.88. The van der Waals surface area contributed by atoms with Crippen molar-refractivity contribution in [1.82, 2.24) is 0 Å². The molecule has 0 N–H and O–H groups in total. The third-order valence-corrected chi connectivity index (χ3v) is 9.17. The zero-order chi connectivity index (χ0) is 25.9. The van der Waals surface area contributed by atoms with Crippen molar-refractivity contribution in [2.24, 2.45) is 0 Å². The van der Waals surface area contributed by atoms with Crippen LogP contribution in [0.3, 0.4) is 0 Å². The molecule has 208 valence electrons. The summed E-state index contributed by atoms with van der Waals surface area (Å²) in [5.74, 6) is -0.176. The second-order valence-corrected chi connectivity index (χ2v) is 12.4. The molecule has 0 aliphatic heterocycles. The van der Waals surface area contributed by atoms with E-state index in [1.54, 1.807) is 21.3 Å². The molecule has 7 heteroatoms. The number of carbonyl (C=O) groups excluding carboxylic acids is 1. The van der Waals surface area contributed by atoms with Gasteiger partial charge in [0.15, 0.2) is 0 Å². The highest BCUT2D eigenvalue weighted by Crippen LogP contribution is 2.17. The standard InChI is InChI=1S/C28H56O6Si/c1-5-6-7-8-9-10-11-12-13-14-15-16-17-18-19-21-24-33-25-26-34-28(29)23-20-22-27-35(30-2,31-3)32-4/h12-13H,5-11,14-27H2,1-4H3/b13-12-. The van der Waals surface area contributed by atoms with E-state index in [4.69, 9.17) is 22.8 Å². The molecule has 0 aromatic rings. The van der Waals surface area contributed by atoms with Gasteiger partial charge in [-0.2, -0.15) is 0 Å². The van der Waals surface area contributed by atoms with Gasteiger partial charge in [-0.1, -0.05) is 76.9 Å². The maximum absolute atomic E-state index is 11.8. The Morgan fingerprint density at radius 1 is 0.629 bits per heavy atom. The lowest BCUT2D eigenvalue weighted by Gasteiger charge is -2.24. The first-order chi connectivity index (χ1) is 17.1. The van der Waals surface area contributed by atoms with Crippen LogP contribution in [0.4, 0.5) is 0 Å². The Labute approximate surface area is 217 Å². The van der Waals surface area contributed by atoms with Gasteiger partial charge in [0.2, 0.25) is 0 Å². The molecule has 0 aliphatic rings. The molecule has 0 bridgehead atoms. The second-order valence-electron chi connectivity index (χ2n) is 9.27. The molecule has 0 saturated heterocycles. The minimum atomic E-state index is -2.53. The molecule has 35 heavy (non-hydrogen) atoms. The molecule has 0 fully saturated rings. The van der Waals surface area contributed by atoms with Gasteiger partial charge in [-0.25, -0.2) is 0 Å². The minimum Gasteiger partial charge on any atom is -0.463 e. The molecule has 0 radical (unpaired) electrons. The fraction of sp³-hybridized carbons (Fsp3) is 0.893. The number of unbranched alkanes of at least 4 members (excludes halogenated alkanes) is 13. The Balaban J connectivity index is 3.32. The Morgan fingerprint density at radius 2 is 1.17 bits per heavy atom. The molecule has 0 saturated carbocycles. The first-order valence-corrected chi connectivity index (χ1v) is 16.1. The molecule has 0 atom stereocenters. The van der Waals surface area contributed by atoms with E-state index in [9.17, 15) is 4.79 Å². The first kappa shape index (κ1) is 34.3. The lowest BCUT2D eigenvalue weighted by atomic mass is 10.1. The van der Waals surface area contributed by atoms with Crippen LogP contribution in [-0.2, 0) is 27.5 Å². The van der Waals surface area contributed by atoms with Gasteiger partial charge in [-0.3, -0.25) is 4.79 Å². The van der Waals surface area contributed by atoms with Crippen LogP contribution in [0.2, 0.25) is 6.04 Å². The van der Waals surface area contributed by atoms with Crippen LogP contribution in [0, 0.1) is 0 Å². The molecule has 0 amide bonds. The summed E-state index contributed by atoms with van der Waals surface area (Å²) in [6, 6.07) is 0.698. The van der Waals surface area contributed by atoms with Gasteiger partial charge < -0.3 is 22.8 Å². The summed E-state index contributed by atoms with van der Waals surface area (Å²) in [4.78, 5) is 11.8. The van der Waals surface area contributed by atoms with Gasteiger partial charge in [0, 0.05) is 40.4 Å². The third-order valence-electron chi connectivity index (χ3n) is 6.34. The highest BCUT2D eigenvalue weighted by atomic mass is 28.4. The van der Waals surface area contributed by atoms with Gasteiger partial charge in [0.05, 0.1) is 6.61 Å². The highest BCUT2D eigenvalue weighted by molar-refractivity contribution is 6.60. The maximum Gasteiger partial charge on any atom is 0.500 e. The van der Waals surface area contributed by atoms with Gasteiger partial charge >= 0.3 is 14.8 Å². The lowest BCUT2D eigenvalue weighted by molar-refractivity contribution is -0.145. The first-order valence-electron chi connectivity index (χ1n) is 14.2. The highest BCUT2D eigenvalue weighted by Gasteiger charge is 2.36. The van der Waals surface area contributed by atoms with Gasteiger partial charge in [-0.15, -0.1) is 0 Å². The van der Waals surface area contributed by atoms with Gasteiger partial charge in [0.25, 0.3) is 0 Å². The Morgan fingerprint density at radius 3 is 1.74 bits per heavy atom. The van der Waals surface area contributed by atoms with Gasteiger partial charge in [-0.05, 0) is 44.9 Å². The average molecular weight is 517 g/mol. The summed E-state index contributed by atoms with van der Waals surface area (Å²) in [5.41, 5.74) is 0. The van der Waals surface area contributed by atoms with Crippen molar-refractivity contribution in [3.8, 4) is 0 Å². The van der Waals surface area contributed by atoms with Crippen LogP contribution < -0.4 is 0 Å². The summed E-state index contributed by atoms with van der Waals surface area (Å²) >= 11 is 0. The van der Waals surface area contributed by atoms with Crippen LogP contribution in [0.15, 0.2) is 12.2 Å². The summed E-state index contributed by atoms with van der Waals surface area (Å²) in [6.45, 7) is 3.82. The normalized spacial score (nSPS) is 12.0. The molecule has 0 aromatic heterocycles. The zero-order valence-corrected chi connectivity index (χ0v) is 24.5. The molecule has 0 heterocycles. The van der Waals surface area contributed by atoms with Crippen molar-refractivity contribution in [3.05, 3.63) is 12.2 Å². The van der Waals surface area contributed by atoms with Crippen molar-refractivity contribution in [2.45, 2.75) is 122 Å². The van der Waals surface area contributed by atoms with Crippen molar-refractivity contribution >= 4 is 14.8 Å². The molecule has 0 rings (SSSR count). The predicted octanol–water partition coefficient (Wildman–Crippen LogP) is 7.63. The molecule has 0 aromatic carbocycles. The molecular formula is C28H56O6Si. The zero-order valence-electron chi connectivity index (χ0n) is 23.5. The summed E-state index contributed by atoms with van der Waals surface area (Å²) in [7, 11) is 2.27. The molecule has 6 nitrogen and oxygen atoms in total. The summed E-state index contributed by atoms with van der Waals surface area (Å²) in [6.07, 6.45) is 25.0. The molecule has 0 spiro atoms. The topological polar surface area (TPSA) is 63.2 Å². The van der Waals surface area contributed by atoms with Gasteiger partial charge in [0.1, 0.15) is 6.61 Å². The van der Waals surface area contributed by atoms with Crippen LogP contribution in [0.5, 0.6) is 0 Å². The smallest absolute Gasteiger partial charge is 0.463 e. The Bertz CT molecular complexity index is 474. The van der Waals surface area contributed by atoms with E-state index in [1.807, 2.05) is 0 Å². The number of esters is 1. The lowest BCUT2D eigenvalue weighted by Crippen LogP contribution is -2.42. The van der Waals surface area contributed by atoms with Crippen LogP contribution in [-0.4, -0.2) is 55.9 Å². The minimum absolute atomic E-state index is 0.176. The fourth-order valence-corrected chi connectivity index (χ4v) is 5.80. The van der Waals surface area contributed by atoms with E-state index in [1.165, 1.54) is 83.5 Å². The van der Waals surface area contributed by atoms with Crippen molar-refractivity contribution < 1.29 is 27.5 Å². The fourth-order valence-electron chi connectivity index (χ4n) is 4.01. The number of ether oxygens (including phenoxy) is 2. The molecule has 0 aliphatic carbocycles. The quantitative estimate of drug-likeness (QED) is 0.0484. The third kappa shape index (κ3) is 22.2. The molecular weight excluding hydrogens is 460 g/mol. The molecule has 0 unspecified atom stereocenters. The number of carbonyl (C=O) groups is 1. The Hall–Kier alpha value is -0.733. The van der Waals surface area contributed by atoms with Crippen molar-refractivity contribution in [3.63, 3.8) is 0 Å². The summed E-state index contributed by atoms with van der Waals surface area (Å²) in [5, 5.41) is 0.